The summed E-state index contributed by atoms with van der Waals surface area (Å²) in [7, 11) is 0. The Morgan fingerprint density at radius 2 is 2.00 bits per heavy atom. The van der Waals surface area contributed by atoms with E-state index in [0.29, 0.717) is 26.1 Å². The summed E-state index contributed by atoms with van der Waals surface area (Å²) in [5, 5.41) is 24.7. The number of tetrazole rings is 1. The van der Waals surface area contributed by atoms with Crippen LogP contribution in [0.15, 0.2) is 0 Å². The lowest BCUT2D eigenvalue weighted by molar-refractivity contribution is -0.121. The third-order valence-electron chi connectivity index (χ3n) is 5.85. The molecule has 0 saturated carbocycles. The van der Waals surface area contributed by atoms with Gasteiger partial charge in [-0.15, -0.1) is 5.10 Å². The number of nitrogens with one attached hydrogen (secondary N) is 1. The second-order valence-corrected chi connectivity index (χ2v) is 8.33. The Morgan fingerprint density at radius 1 is 1.18 bits per heavy atom. The Hall–Kier alpha value is -1.58. The van der Waals surface area contributed by atoms with E-state index in [9.17, 15) is 9.90 Å². The minimum Gasteiger partial charge on any atom is -0.392 e. The number of aromatic nitrogens is 4. The number of carbonyl (C=O) groups is 1. The number of aliphatic hydroxyl groups is 1. The molecule has 1 amide bonds. The van der Waals surface area contributed by atoms with Gasteiger partial charge < -0.3 is 10.4 Å². The summed E-state index contributed by atoms with van der Waals surface area (Å²) in [5.74, 6) is 1.77. The SMILES string of the molecule is CC1CCN(Cc2nnnn2CCCC(=O)NCCN2CCC[C@H](O)C2)CC1. The average molecular weight is 394 g/mol. The average Bonchev–Trinajstić information content (AvgIpc) is 3.11. The van der Waals surface area contributed by atoms with Crippen molar-refractivity contribution in [2.75, 3.05) is 39.3 Å². The highest BCUT2D eigenvalue weighted by molar-refractivity contribution is 5.75. The summed E-state index contributed by atoms with van der Waals surface area (Å²) >= 11 is 0. The summed E-state index contributed by atoms with van der Waals surface area (Å²) in [4.78, 5) is 16.7. The number of piperidine rings is 2. The van der Waals surface area contributed by atoms with Gasteiger partial charge in [0.15, 0.2) is 5.82 Å². The van der Waals surface area contributed by atoms with Crippen molar-refractivity contribution in [2.24, 2.45) is 5.92 Å². The van der Waals surface area contributed by atoms with E-state index >= 15 is 0 Å². The fraction of sp³-hybridized carbons (Fsp3) is 0.895. The van der Waals surface area contributed by atoms with Gasteiger partial charge in [0, 0.05) is 32.6 Å². The minimum absolute atomic E-state index is 0.0669. The summed E-state index contributed by atoms with van der Waals surface area (Å²) in [5.41, 5.74) is 0. The molecule has 1 aromatic rings. The van der Waals surface area contributed by atoms with Gasteiger partial charge in [0.25, 0.3) is 0 Å². The monoisotopic (exact) mass is 393 g/mol. The predicted molar refractivity (Wildman–Crippen MR) is 105 cm³/mol. The Balaban J connectivity index is 1.30. The minimum atomic E-state index is -0.219. The molecule has 0 aromatic carbocycles. The van der Waals surface area contributed by atoms with Crippen molar-refractivity contribution in [1.82, 2.24) is 35.3 Å². The van der Waals surface area contributed by atoms with E-state index in [-0.39, 0.29) is 12.0 Å². The van der Waals surface area contributed by atoms with Crippen LogP contribution in [0.2, 0.25) is 0 Å². The molecule has 0 radical (unpaired) electrons. The normalized spacial score (nSPS) is 22.4. The molecule has 3 rings (SSSR count). The van der Waals surface area contributed by atoms with E-state index in [2.05, 4.69) is 37.6 Å². The second kappa shape index (κ2) is 10.8. The number of hydrogen-bond donors (Lipinski definition) is 2. The summed E-state index contributed by atoms with van der Waals surface area (Å²) in [6.45, 7) is 9.12. The Bertz CT molecular complexity index is 601. The maximum atomic E-state index is 12.1. The summed E-state index contributed by atoms with van der Waals surface area (Å²) in [6.07, 6.45) is 5.37. The quantitative estimate of drug-likeness (QED) is 0.621. The number of rotatable bonds is 9. The predicted octanol–water partition coefficient (Wildman–Crippen LogP) is 0.258. The molecule has 2 fully saturated rings. The van der Waals surface area contributed by atoms with Crippen molar-refractivity contribution < 1.29 is 9.90 Å². The molecule has 2 saturated heterocycles. The van der Waals surface area contributed by atoms with Gasteiger partial charge in [0.1, 0.15) is 0 Å². The molecule has 9 heteroatoms. The van der Waals surface area contributed by atoms with Gasteiger partial charge in [-0.3, -0.25) is 14.6 Å². The lowest BCUT2D eigenvalue weighted by Gasteiger charge is -2.29. The van der Waals surface area contributed by atoms with Crippen LogP contribution >= 0.6 is 0 Å². The van der Waals surface area contributed by atoms with E-state index in [1.807, 2.05) is 4.68 Å². The molecular formula is C19H35N7O2. The number of β-amino-alcohol motifs (C(OH)–C–C–N with tert-alkyl or cyclic N) is 1. The van der Waals surface area contributed by atoms with Crippen molar-refractivity contribution in [1.29, 1.82) is 0 Å². The van der Waals surface area contributed by atoms with Crippen molar-refractivity contribution in [3.63, 3.8) is 0 Å². The molecule has 0 aliphatic carbocycles. The molecule has 2 N–H and O–H groups in total. The molecule has 1 atom stereocenters. The molecular weight excluding hydrogens is 358 g/mol. The number of nitrogens with zero attached hydrogens (tertiary/aromatic N) is 6. The number of aliphatic hydroxyl groups excluding tert-OH is 1. The molecule has 28 heavy (non-hydrogen) atoms. The zero-order valence-corrected chi connectivity index (χ0v) is 17.1. The van der Waals surface area contributed by atoms with Crippen molar-refractivity contribution in [3.8, 4) is 0 Å². The van der Waals surface area contributed by atoms with Crippen LogP contribution in [-0.4, -0.2) is 86.4 Å². The first-order valence-corrected chi connectivity index (χ1v) is 10.7. The van der Waals surface area contributed by atoms with Crippen molar-refractivity contribution >= 4 is 5.91 Å². The fourth-order valence-corrected chi connectivity index (χ4v) is 4.00. The van der Waals surface area contributed by atoms with Crippen LogP contribution in [0, 0.1) is 5.92 Å². The molecule has 9 nitrogen and oxygen atoms in total. The first-order chi connectivity index (χ1) is 13.6. The highest BCUT2D eigenvalue weighted by Gasteiger charge is 2.19. The Labute approximate surface area is 167 Å². The van der Waals surface area contributed by atoms with Gasteiger partial charge in [0.05, 0.1) is 12.6 Å². The number of likely N-dealkylation sites (tertiary alicyclic amines) is 2. The maximum Gasteiger partial charge on any atom is 0.220 e. The van der Waals surface area contributed by atoms with E-state index in [4.69, 9.17) is 0 Å². The summed E-state index contributed by atoms with van der Waals surface area (Å²) < 4.78 is 1.83. The topological polar surface area (TPSA) is 99.4 Å². The van der Waals surface area contributed by atoms with Crippen LogP contribution in [0.25, 0.3) is 0 Å². The van der Waals surface area contributed by atoms with Crippen LogP contribution in [0.1, 0.15) is 51.3 Å². The van der Waals surface area contributed by atoms with Gasteiger partial charge in [-0.1, -0.05) is 6.92 Å². The third-order valence-corrected chi connectivity index (χ3v) is 5.85. The lowest BCUT2D eigenvalue weighted by Crippen LogP contribution is -2.42. The number of hydrogen-bond acceptors (Lipinski definition) is 7. The second-order valence-electron chi connectivity index (χ2n) is 8.33. The van der Waals surface area contributed by atoms with Crippen molar-refractivity contribution in [3.05, 3.63) is 5.82 Å². The van der Waals surface area contributed by atoms with Crippen LogP contribution in [0.3, 0.4) is 0 Å². The molecule has 0 spiro atoms. The van der Waals surface area contributed by atoms with Crippen LogP contribution in [-0.2, 0) is 17.9 Å². The van der Waals surface area contributed by atoms with Gasteiger partial charge in [-0.25, -0.2) is 4.68 Å². The van der Waals surface area contributed by atoms with Gasteiger partial charge >= 0.3 is 0 Å². The van der Waals surface area contributed by atoms with E-state index in [0.717, 1.165) is 63.7 Å². The lowest BCUT2D eigenvalue weighted by atomic mass is 9.99. The van der Waals surface area contributed by atoms with E-state index in [1.165, 1.54) is 12.8 Å². The number of carbonyl (C=O) groups excluding carboxylic acids is 1. The number of amides is 1. The molecule has 0 bridgehead atoms. The first-order valence-electron chi connectivity index (χ1n) is 10.7. The van der Waals surface area contributed by atoms with Gasteiger partial charge in [0.2, 0.25) is 5.91 Å². The summed E-state index contributed by atoms with van der Waals surface area (Å²) in [6, 6.07) is 0. The van der Waals surface area contributed by atoms with E-state index in [1.54, 1.807) is 0 Å². The zero-order chi connectivity index (χ0) is 19.8. The molecule has 2 aliphatic heterocycles. The Kier molecular flexibility index (Phi) is 8.17. The van der Waals surface area contributed by atoms with Crippen LogP contribution in [0.5, 0.6) is 0 Å². The van der Waals surface area contributed by atoms with Crippen LogP contribution < -0.4 is 5.32 Å². The van der Waals surface area contributed by atoms with E-state index < -0.39 is 0 Å². The molecule has 0 unspecified atom stereocenters. The highest BCUT2D eigenvalue weighted by atomic mass is 16.3. The molecule has 2 aliphatic rings. The highest BCUT2D eigenvalue weighted by Crippen LogP contribution is 2.17. The third kappa shape index (κ3) is 6.79. The standard InChI is InChI=1S/C19H35N7O2/c1-16-6-11-25(12-7-16)15-18-21-22-23-26(18)10-3-5-19(28)20-8-13-24-9-2-4-17(27)14-24/h16-17,27H,2-15H2,1H3,(H,20,28)/t17-/m0/s1. The molecule has 3 heterocycles. The Morgan fingerprint density at radius 3 is 2.79 bits per heavy atom. The van der Waals surface area contributed by atoms with Gasteiger partial charge in [-0.2, -0.15) is 0 Å². The molecule has 1 aromatic heterocycles. The van der Waals surface area contributed by atoms with Crippen LogP contribution in [0.4, 0.5) is 0 Å². The maximum absolute atomic E-state index is 12.1. The smallest absolute Gasteiger partial charge is 0.220 e. The van der Waals surface area contributed by atoms with Gasteiger partial charge in [-0.05, 0) is 68.1 Å². The molecule has 158 valence electrons. The van der Waals surface area contributed by atoms with Crippen molar-refractivity contribution in [2.45, 2.75) is 64.6 Å². The first kappa shape index (κ1) is 21.1. The fourth-order valence-electron chi connectivity index (χ4n) is 4.00. The largest absolute Gasteiger partial charge is 0.392 e. The zero-order valence-electron chi connectivity index (χ0n) is 17.1. The number of aryl methyl sites for hydroxylation is 1.